The Morgan fingerprint density at radius 3 is 2.81 bits per heavy atom. The summed E-state index contributed by atoms with van der Waals surface area (Å²) < 4.78 is 1.11. The highest BCUT2D eigenvalue weighted by Crippen LogP contribution is 2.33. The predicted molar refractivity (Wildman–Crippen MR) is 78.9 cm³/mol. The van der Waals surface area contributed by atoms with Gasteiger partial charge in [-0.2, -0.15) is 11.8 Å². The molecule has 1 aliphatic rings. The van der Waals surface area contributed by atoms with E-state index in [0.717, 1.165) is 9.54 Å². The molecule has 88 valence electrons. The fraction of sp³-hybridized carbons (Fsp3) is 0.545. The summed E-state index contributed by atoms with van der Waals surface area (Å²) in [5, 5.41) is 0.661. The van der Waals surface area contributed by atoms with Gasteiger partial charge in [-0.3, -0.25) is 4.79 Å². The number of halogens is 1. The first-order valence-corrected chi connectivity index (χ1v) is 8.87. The lowest BCUT2D eigenvalue weighted by molar-refractivity contribution is -0.117. The van der Waals surface area contributed by atoms with Gasteiger partial charge in [0.1, 0.15) is 0 Å². The van der Waals surface area contributed by atoms with E-state index in [2.05, 4.69) is 22.9 Å². The van der Waals surface area contributed by atoms with Crippen LogP contribution >= 0.6 is 50.8 Å². The molecular formula is C11H13BrOS3. The molecular weight excluding hydrogens is 324 g/mol. The van der Waals surface area contributed by atoms with Crippen LogP contribution in [0, 0.1) is 0 Å². The van der Waals surface area contributed by atoms with Crippen LogP contribution in [0.4, 0.5) is 0 Å². The summed E-state index contributed by atoms with van der Waals surface area (Å²) in [5.74, 6) is 2.68. The Morgan fingerprint density at radius 2 is 2.19 bits per heavy atom. The lowest BCUT2D eigenvalue weighted by Gasteiger charge is -2.26. The summed E-state index contributed by atoms with van der Waals surface area (Å²) in [7, 11) is 0. The number of carbonyl (C=O) groups is 1. The van der Waals surface area contributed by atoms with Gasteiger partial charge in [0.15, 0.2) is 5.78 Å². The molecule has 0 aliphatic carbocycles. The summed E-state index contributed by atoms with van der Waals surface area (Å²) in [4.78, 5) is 13.3. The van der Waals surface area contributed by atoms with Gasteiger partial charge in [-0.15, -0.1) is 23.1 Å². The van der Waals surface area contributed by atoms with E-state index in [-0.39, 0.29) is 5.25 Å². The van der Waals surface area contributed by atoms with Gasteiger partial charge in [-0.05, 0) is 28.1 Å². The van der Waals surface area contributed by atoms with Crippen molar-refractivity contribution in [1.29, 1.82) is 0 Å². The summed E-state index contributed by atoms with van der Waals surface area (Å²) in [5.41, 5.74) is 0. The third kappa shape index (κ3) is 3.28. The van der Waals surface area contributed by atoms with E-state index in [1.807, 2.05) is 35.7 Å². The van der Waals surface area contributed by atoms with Crippen LogP contribution in [0.15, 0.2) is 15.9 Å². The van der Waals surface area contributed by atoms with Crippen molar-refractivity contribution >= 4 is 56.6 Å². The van der Waals surface area contributed by atoms with E-state index in [9.17, 15) is 4.79 Å². The van der Waals surface area contributed by atoms with Crippen LogP contribution in [0.25, 0.3) is 0 Å². The van der Waals surface area contributed by atoms with E-state index in [1.54, 1.807) is 11.3 Å². The molecule has 1 aromatic heterocycles. The number of thioether (sulfide) groups is 2. The average molecular weight is 337 g/mol. The Kier molecular flexibility index (Phi) is 4.82. The summed E-state index contributed by atoms with van der Waals surface area (Å²) in [6, 6.07) is 4.05. The first-order valence-electron chi connectivity index (χ1n) is 5.17. The molecule has 0 saturated carbocycles. The van der Waals surface area contributed by atoms with Crippen LogP contribution in [0.2, 0.25) is 0 Å². The van der Waals surface area contributed by atoms with E-state index < -0.39 is 0 Å². The van der Waals surface area contributed by atoms with Crippen LogP contribution in [-0.2, 0) is 11.2 Å². The molecule has 1 aromatic rings. The second-order valence-electron chi connectivity index (χ2n) is 3.72. The topological polar surface area (TPSA) is 17.1 Å². The van der Waals surface area contributed by atoms with Gasteiger partial charge in [0, 0.05) is 28.1 Å². The highest BCUT2D eigenvalue weighted by molar-refractivity contribution is 9.11. The van der Waals surface area contributed by atoms with Crippen molar-refractivity contribution in [3.63, 3.8) is 0 Å². The van der Waals surface area contributed by atoms with E-state index >= 15 is 0 Å². The van der Waals surface area contributed by atoms with Gasteiger partial charge in [-0.1, -0.05) is 6.92 Å². The minimum atomic E-state index is 0.194. The Morgan fingerprint density at radius 1 is 1.44 bits per heavy atom. The maximum atomic E-state index is 12.1. The molecule has 1 aliphatic heterocycles. The Labute approximate surface area is 117 Å². The molecule has 2 atom stereocenters. The maximum absolute atomic E-state index is 12.1. The molecule has 2 unspecified atom stereocenters. The second kappa shape index (κ2) is 5.94. The van der Waals surface area contributed by atoms with Gasteiger partial charge in [-0.25, -0.2) is 0 Å². The van der Waals surface area contributed by atoms with Crippen LogP contribution in [0.5, 0.6) is 0 Å². The molecule has 0 N–H and O–H groups in total. The van der Waals surface area contributed by atoms with Crippen LogP contribution in [0.3, 0.4) is 0 Å². The number of Topliss-reactive ketones (excluding diaryl/α,β-unsaturated/α-hetero) is 1. The Bertz CT molecular complexity index is 377. The average Bonchev–Trinajstić information content (AvgIpc) is 2.64. The molecule has 0 amide bonds. The number of rotatable bonds is 3. The van der Waals surface area contributed by atoms with Gasteiger partial charge in [0.05, 0.1) is 9.04 Å². The molecule has 1 nitrogen and oxygen atoms in total. The number of hydrogen-bond donors (Lipinski definition) is 0. The summed E-state index contributed by atoms with van der Waals surface area (Å²) >= 11 is 8.84. The van der Waals surface area contributed by atoms with Crippen molar-refractivity contribution in [1.82, 2.24) is 0 Å². The van der Waals surface area contributed by atoms with Gasteiger partial charge in [0.25, 0.3) is 0 Å². The highest BCUT2D eigenvalue weighted by atomic mass is 79.9. The van der Waals surface area contributed by atoms with Crippen molar-refractivity contribution < 1.29 is 4.79 Å². The van der Waals surface area contributed by atoms with Crippen molar-refractivity contribution in [2.24, 2.45) is 0 Å². The smallest absolute Gasteiger partial charge is 0.152 e. The maximum Gasteiger partial charge on any atom is 0.152 e. The molecule has 16 heavy (non-hydrogen) atoms. The van der Waals surface area contributed by atoms with E-state index in [0.29, 0.717) is 17.5 Å². The molecule has 0 bridgehead atoms. The van der Waals surface area contributed by atoms with Gasteiger partial charge >= 0.3 is 0 Å². The Hall–Kier alpha value is 0.550. The molecule has 1 saturated heterocycles. The zero-order chi connectivity index (χ0) is 11.5. The third-order valence-corrected chi connectivity index (χ3v) is 7.24. The molecule has 0 aromatic carbocycles. The first-order chi connectivity index (χ1) is 7.66. The lowest BCUT2D eigenvalue weighted by Crippen LogP contribution is -2.32. The molecule has 0 spiro atoms. The van der Waals surface area contributed by atoms with Crippen molar-refractivity contribution in [3.8, 4) is 0 Å². The van der Waals surface area contributed by atoms with Crippen LogP contribution in [-0.4, -0.2) is 27.8 Å². The minimum Gasteiger partial charge on any atom is -0.298 e. The zero-order valence-corrected chi connectivity index (χ0v) is 13.0. The van der Waals surface area contributed by atoms with Gasteiger partial charge in [0.2, 0.25) is 0 Å². The summed E-state index contributed by atoms with van der Waals surface area (Å²) in [6.45, 7) is 2.17. The molecule has 2 rings (SSSR count). The standard InChI is InChI=1S/C11H13BrOS3/c1-7-11(15-5-4-14-7)9(13)6-8-2-3-10(12)16-8/h2-3,7,11H,4-6H2,1H3. The van der Waals surface area contributed by atoms with Crippen LogP contribution in [0.1, 0.15) is 11.8 Å². The highest BCUT2D eigenvalue weighted by Gasteiger charge is 2.28. The summed E-state index contributed by atoms with van der Waals surface area (Å²) in [6.07, 6.45) is 0.596. The minimum absolute atomic E-state index is 0.194. The Balaban J connectivity index is 1.96. The second-order valence-corrected chi connectivity index (χ2v) is 9.00. The SMILES string of the molecule is CC1SCCSC1C(=O)Cc1ccc(Br)s1. The normalized spacial score (nSPS) is 25.6. The first kappa shape index (κ1) is 13.0. The molecule has 2 heterocycles. The predicted octanol–water partition coefficient (Wildman–Crippen LogP) is 3.86. The van der Waals surface area contributed by atoms with Gasteiger partial charge < -0.3 is 0 Å². The third-order valence-electron chi connectivity index (χ3n) is 2.48. The largest absolute Gasteiger partial charge is 0.298 e. The van der Waals surface area contributed by atoms with Crippen LogP contribution < -0.4 is 0 Å². The quantitative estimate of drug-likeness (QED) is 0.834. The molecule has 5 heteroatoms. The van der Waals surface area contributed by atoms with Crippen molar-refractivity contribution in [2.45, 2.75) is 23.8 Å². The number of thiophene rings is 1. The lowest BCUT2D eigenvalue weighted by atomic mass is 10.1. The number of hydrogen-bond acceptors (Lipinski definition) is 4. The number of carbonyl (C=O) groups excluding carboxylic acids is 1. The van der Waals surface area contributed by atoms with Crippen molar-refractivity contribution in [3.05, 3.63) is 20.8 Å². The zero-order valence-electron chi connectivity index (χ0n) is 8.94. The monoisotopic (exact) mass is 336 g/mol. The fourth-order valence-corrected chi connectivity index (χ4v) is 5.93. The van der Waals surface area contributed by atoms with E-state index in [4.69, 9.17) is 0 Å². The van der Waals surface area contributed by atoms with E-state index in [1.165, 1.54) is 10.6 Å². The molecule has 0 radical (unpaired) electrons. The molecule has 1 fully saturated rings. The number of ketones is 1. The van der Waals surface area contributed by atoms with Crippen molar-refractivity contribution in [2.75, 3.05) is 11.5 Å². The fourth-order valence-electron chi connectivity index (χ4n) is 1.71.